The van der Waals surface area contributed by atoms with E-state index in [1.807, 2.05) is 53.2 Å². The first kappa shape index (κ1) is 19.0. The summed E-state index contributed by atoms with van der Waals surface area (Å²) in [6, 6.07) is 13.4. The third-order valence-electron chi connectivity index (χ3n) is 3.70. The average Bonchev–Trinajstić information content (AvgIpc) is 3.38. The van der Waals surface area contributed by atoms with Crippen molar-refractivity contribution in [3.05, 3.63) is 64.7 Å². The summed E-state index contributed by atoms with van der Waals surface area (Å²) in [5, 5.41) is 7.78. The van der Waals surface area contributed by atoms with Crippen LogP contribution < -0.4 is 11.1 Å². The molecule has 0 unspecified atom stereocenters. The second-order valence-corrected chi connectivity index (χ2v) is 7.69. The van der Waals surface area contributed by atoms with Crippen LogP contribution in [0.4, 0.5) is 17.6 Å². The first-order chi connectivity index (χ1) is 14.2. The summed E-state index contributed by atoms with van der Waals surface area (Å²) in [7, 11) is 0. The fourth-order valence-electron chi connectivity index (χ4n) is 2.45. The van der Waals surface area contributed by atoms with E-state index in [-0.39, 0.29) is 30.7 Å². The molecule has 4 aromatic rings. The number of hydrogen-bond donors (Lipinski definition) is 2. The van der Waals surface area contributed by atoms with E-state index in [2.05, 4.69) is 25.3 Å². The molecule has 0 saturated carbocycles. The number of thiophene rings is 1. The maximum absolute atomic E-state index is 12.2. The van der Waals surface area contributed by atoms with Gasteiger partial charge in [0.25, 0.3) is 0 Å². The lowest BCUT2D eigenvalue weighted by atomic mass is 10.3. The largest absolute Gasteiger partial charge is 0.457 e. The molecule has 0 aliphatic heterocycles. The van der Waals surface area contributed by atoms with Crippen LogP contribution in [-0.4, -0.2) is 25.9 Å². The van der Waals surface area contributed by atoms with Crippen molar-refractivity contribution in [2.45, 2.75) is 13.0 Å². The molecule has 0 radical (unpaired) electrons. The van der Waals surface area contributed by atoms with Gasteiger partial charge >= 0.3 is 5.97 Å². The maximum Gasteiger partial charge on any atom is 0.312 e. The predicted molar refractivity (Wildman–Crippen MR) is 113 cm³/mol. The molecule has 10 heteroatoms. The molecule has 8 nitrogen and oxygen atoms in total. The fraction of sp³-hybridized carbons (Fsp3) is 0.105. The Morgan fingerprint density at radius 2 is 1.90 bits per heavy atom. The van der Waals surface area contributed by atoms with Gasteiger partial charge in [-0.15, -0.1) is 22.7 Å². The van der Waals surface area contributed by atoms with Gasteiger partial charge in [0, 0.05) is 11.1 Å². The lowest BCUT2D eigenvalue weighted by Gasteiger charge is -2.07. The summed E-state index contributed by atoms with van der Waals surface area (Å²) in [5.41, 5.74) is 7.22. The molecule has 3 heterocycles. The lowest BCUT2D eigenvalue weighted by molar-refractivity contribution is -0.144. The Morgan fingerprint density at radius 1 is 1.03 bits per heavy atom. The molecule has 3 aromatic heterocycles. The average molecular weight is 425 g/mol. The number of nitrogens with two attached hydrogens (primary N) is 1. The minimum absolute atomic E-state index is 0.0459. The Kier molecular flexibility index (Phi) is 5.73. The van der Waals surface area contributed by atoms with E-state index >= 15 is 0 Å². The number of carbonyl (C=O) groups excluding carboxylic acids is 1. The molecule has 0 atom stereocenters. The molecule has 4 rings (SSSR count). The van der Waals surface area contributed by atoms with Gasteiger partial charge in [0.2, 0.25) is 11.9 Å². The van der Waals surface area contributed by atoms with Crippen LogP contribution >= 0.6 is 22.7 Å². The van der Waals surface area contributed by atoms with E-state index in [1.165, 1.54) is 11.3 Å². The highest BCUT2D eigenvalue weighted by Gasteiger charge is 2.12. The van der Waals surface area contributed by atoms with Crippen molar-refractivity contribution >= 4 is 46.2 Å². The van der Waals surface area contributed by atoms with E-state index in [0.29, 0.717) is 5.69 Å². The Bertz CT molecular complexity index is 1100. The third kappa shape index (κ3) is 5.12. The molecule has 0 saturated heterocycles. The number of esters is 1. The molecule has 0 fully saturated rings. The molecule has 0 bridgehead atoms. The van der Waals surface area contributed by atoms with E-state index < -0.39 is 5.97 Å². The minimum atomic E-state index is -0.412. The first-order valence-corrected chi connectivity index (χ1v) is 10.4. The molecule has 29 heavy (non-hydrogen) atoms. The smallest absolute Gasteiger partial charge is 0.312 e. The number of aromatic nitrogens is 4. The van der Waals surface area contributed by atoms with Gasteiger partial charge in [-0.05, 0) is 23.6 Å². The number of hydrogen-bond acceptors (Lipinski definition) is 10. The molecular formula is C19H16N6O2S2. The summed E-state index contributed by atoms with van der Waals surface area (Å²) >= 11 is 3.11. The molecule has 1 aromatic carbocycles. The standard InChI is InChI=1S/C19H16N6O2S2/c20-18-23-15(24-19(25-18)22-12-5-2-1-3-6-12)10-27-16(26)9-13-11-29-17(21-13)14-7-4-8-28-14/h1-8,11H,9-10H2,(H3,20,22,23,24,25). The van der Waals surface area contributed by atoms with Gasteiger partial charge in [0.1, 0.15) is 5.01 Å². The zero-order valence-corrected chi connectivity index (χ0v) is 16.7. The summed E-state index contributed by atoms with van der Waals surface area (Å²) in [6.45, 7) is -0.100. The number of nitrogen functional groups attached to an aromatic ring is 1. The van der Waals surface area contributed by atoms with Crippen LogP contribution in [0, 0.1) is 0 Å². The Labute approximate surface area is 174 Å². The Hall–Kier alpha value is -3.37. The van der Waals surface area contributed by atoms with Crippen LogP contribution in [0.3, 0.4) is 0 Å². The van der Waals surface area contributed by atoms with Crippen molar-refractivity contribution in [1.82, 2.24) is 19.9 Å². The van der Waals surface area contributed by atoms with Crippen molar-refractivity contribution in [2.75, 3.05) is 11.1 Å². The quantitative estimate of drug-likeness (QED) is 0.432. The fourth-order valence-corrected chi connectivity index (χ4v) is 4.09. The van der Waals surface area contributed by atoms with Crippen molar-refractivity contribution in [1.29, 1.82) is 0 Å². The van der Waals surface area contributed by atoms with Crippen molar-refractivity contribution in [3.63, 3.8) is 0 Å². The number of rotatable bonds is 7. The summed E-state index contributed by atoms with van der Waals surface area (Å²) in [6.07, 6.45) is 0.0809. The molecule has 146 valence electrons. The monoisotopic (exact) mass is 424 g/mol. The predicted octanol–water partition coefficient (Wildman–Crippen LogP) is 3.67. The summed E-state index contributed by atoms with van der Waals surface area (Å²) < 4.78 is 5.28. The number of thiazole rings is 1. The third-order valence-corrected chi connectivity index (χ3v) is 5.63. The second kappa shape index (κ2) is 8.76. The number of anilines is 3. The van der Waals surface area contributed by atoms with Gasteiger partial charge in [-0.2, -0.15) is 15.0 Å². The SMILES string of the molecule is Nc1nc(COC(=O)Cc2csc(-c3cccs3)n2)nc(Nc2ccccc2)n1. The van der Waals surface area contributed by atoms with Crippen molar-refractivity contribution < 1.29 is 9.53 Å². The summed E-state index contributed by atoms with van der Waals surface area (Å²) in [5.74, 6) is 0.186. The van der Waals surface area contributed by atoms with Crippen LogP contribution in [0.1, 0.15) is 11.5 Å². The van der Waals surface area contributed by atoms with Crippen LogP contribution in [0.2, 0.25) is 0 Å². The number of nitrogens with one attached hydrogen (secondary N) is 1. The molecule has 0 spiro atoms. The van der Waals surface area contributed by atoms with Crippen LogP contribution in [0.5, 0.6) is 0 Å². The number of para-hydroxylation sites is 1. The normalized spacial score (nSPS) is 10.6. The van der Waals surface area contributed by atoms with E-state index in [9.17, 15) is 4.79 Å². The van der Waals surface area contributed by atoms with E-state index in [0.717, 1.165) is 15.6 Å². The second-order valence-electron chi connectivity index (χ2n) is 5.88. The highest BCUT2D eigenvalue weighted by Crippen LogP contribution is 2.28. The zero-order chi connectivity index (χ0) is 20.1. The highest BCUT2D eigenvalue weighted by atomic mass is 32.1. The zero-order valence-electron chi connectivity index (χ0n) is 15.1. The number of ether oxygens (including phenoxy) is 1. The van der Waals surface area contributed by atoms with Crippen LogP contribution in [0.25, 0.3) is 9.88 Å². The lowest BCUT2D eigenvalue weighted by Crippen LogP contribution is -2.12. The van der Waals surface area contributed by atoms with E-state index in [1.54, 1.807) is 11.3 Å². The van der Waals surface area contributed by atoms with E-state index in [4.69, 9.17) is 10.5 Å². The Morgan fingerprint density at radius 3 is 2.69 bits per heavy atom. The molecule has 0 aliphatic rings. The van der Waals surface area contributed by atoms with Gasteiger partial charge < -0.3 is 15.8 Å². The van der Waals surface area contributed by atoms with Gasteiger partial charge in [0.15, 0.2) is 12.4 Å². The maximum atomic E-state index is 12.2. The Balaban J connectivity index is 1.35. The van der Waals surface area contributed by atoms with Gasteiger partial charge in [-0.1, -0.05) is 24.3 Å². The molecule has 3 N–H and O–H groups in total. The van der Waals surface area contributed by atoms with Crippen molar-refractivity contribution in [2.24, 2.45) is 0 Å². The van der Waals surface area contributed by atoms with Gasteiger partial charge in [-0.3, -0.25) is 4.79 Å². The highest BCUT2D eigenvalue weighted by molar-refractivity contribution is 7.20. The minimum Gasteiger partial charge on any atom is -0.457 e. The molecule has 0 amide bonds. The van der Waals surface area contributed by atoms with Gasteiger partial charge in [0.05, 0.1) is 17.0 Å². The molecular weight excluding hydrogens is 408 g/mol. The van der Waals surface area contributed by atoms with Crippen LogP contribution in [-0.2, 0) is 22.6 Å². The number of carbonyl (C=O) groups is 1. The van der Waals surface area contributed by atoms with Crippen LogP contribution in [0.15, 0.2) is 53.2 Å². The topological polar surface area (TPSA) is 116 Å². The number of nitrogens with zero attached hydrogens (tertiary/aromatic N) is 4. The van der Waals surface area contributed by atoms with Gasteiger partial charge in [-0.25, -0.2) is 4.98 Å². The molecule has 0 aliphatic carbocycles. The summed E-state index contributed by atoms with van der Waals surface area (Å²) in [4.78, 5) is 30.0. The first-order valence-electron chi connectivity index (χ1n) is 8.62. The van der Waals surface area contributed by atoms with Crippen molar-refractivity contribution in [3.8, 4) is 9.88 Å². The number of benzene rings is 1.